The van der Waals surface area contributed by atoms with Crippen LogP contribution < -0.4 is 9.64 Å². The Bertz CT molecular complexity index is 1050. The summed E-state index contributed by atoms with van der Waals surface area (Å²) in [6.45, 7) is 0. The van der Waals surface area contributed by atoms with E-state index in [4.69, 9.17) is 9.15 Å². The number of amides is 1. The predicted molar refractivity (Wildman–Crippen MR) is 103 cm³/mol. The molecule has 0 saturated carbocycles. The smallest absolute Gasteiger partial charge is 0.300 e. The molecule has 6 nitrogen and oxygen atoms in total. The Morgan fingerprint density at radius 3 is 2.39 bits per heavy atom. The van der Waals surface area contributed by atoms with Gasteiger partial charge in [0.1, 0.15) is 23.3 Å². The first-order valence-corrected chi connectivity index (χ1v) is 8.66. The summed E-state index contributed by atoms with van der Waals surface area (Å²) in [4.78, 5) is 27.2. The lowest BCUT2D eigenvalue weighted by atomic mass is 9.99. The van der Waals surface area contributed by atoms with Crippen LogP contribution in [0.5, 0.6) is 5.75 Å². The van der Waals surface area contributed by atoms with Crippen molar-refractivity contribution in [2.24, 2.45) is 0 Å². The molecule has 1 aliphatic heterocycles. The van der Waals surface area contributed by atoms with Crippen LogP contribution in [0.25, 0.3) is 5.76 Å². The van der Waals surface area contributed by atoms with E-state index in [2.05, 4.69) is 0 Å². The van der Waals surface area contributed by atoms with E-state index >= 15 is 0 Å². The highest BCUT2D eigenvalue weighted by Gasteiger charge is 2.49. The number of para-hydroxylation sites is 2. The average molecular weight is 375 g/mol. The van der Waals surface area contributed by atoms with Crippen molar-refractivity contribution in [3.8, 4) is 5.75 Å². The average Bonchev–Trinajstić information content (AvgIpc) is 3.35. The van der Waals surface area contributed by atoms with Gasteiger partial charge in [0.25, 0.3) is 11.7 Å². The summed E-state index contributed by atoms with van der Waals surface area (Å²) in [6, 6.07) is 17.9. The fourth-order valence-electron chi connectivity index (χ4n) is 3.38. The number of anilines is 1. The Labute approximate surface area is 161 Å². The van der Waals surface area contributed by atoms with E-state index in [9.17, 15) is 14.7 Å². The number of hydrogen-bond acceptors (Lipinski definition) is 5. The molecule has 1 saturated heterocycles. The van der Waals surface area contributed by atoms with E-state index in [0.29, 0.717) is 22.8 Å². The van der Waals surface area contributed by atoms with Crippen LogP contribution in [-0.4, -0.2) is 23.9 Å². The number of aliphatic hydroxyl groups excluding tert-OH is 1. The van der Waals surface area contributed by atoms with Crippen molar-refractivity contribution in [1.29, 1.82) is 0 Å². The van der Waals surface area contributed by atoms with Gasteiger partial charge in [-0.1, -0.05) is 42.5 Å². The molecular weight excluding hydrogens is 358 g/mol. The maximum Gasteiger partial charge on any atom is 0.300 e. The van der Waals surface area contributed by atoms with Gasteiger partial charge < -0.3 is 14.3 Å². The largest absolute Gasteiger partial charge is 0.507 e. The molecule has 1 amide bonds. The fourth-order valence-corrected chi connectivity index (χ4v) is 3.38. The lowest BCUT2D eigenvalue weighted by molar-refractivity contribution is -0.132. The standard InChI is InChI=1S/C22H17NO5/c1-27-16-11-6-5-10-15(16)23-19(17-12-7-13-28-17)18(21(25)22(23)26)20(24)14-8-3-2-4-9-14/h2-13,19,24H,1H3/b20-18-. The maximum atomic E-state index is 13.0. The first-order chi connectivity index (χ1) is 13.6. The van der Waals surface area contributed by atoms with Crippen molar-refractivity contribution < 1.29 is 23.8 Å². The third kappa shape index (κ3) is 2.75. The number of aliphatic hydroxyl groups is 1. The van der Waals surface area contributed by atoms with Crippen molar-refractivity contribution in [1.82, 2.24) is 0 Å². The summed E-state index contributed by atoms with van der Waals surface area (Å²) < 4.78 is 10.9. The summed E-state index contributed by atoms with van der Waals surface area (Å²) in [5, 5.41) is 10.9. The van der Waals surface area contributed by atoms with Gasteiger partial charge in [0.2, 0.25) is 0 Å². The van der Waals surface area contributed by atoms with E-state index in [0.717, 1.165) is 0 Å². The van der Waals surface area contributed by atoms with E-state index < -0.39 is 17.7 Å². The number of ether oxygens (including phenoxy) is 1. The van der Waals surface area contributed by atoms with Gasteiger partial charge in [0, 0.05) is 5.56 Å². The lowest BCUT2D eigenvalue weighted by Crippen LogP contribution is -2.29. The molecule has 0 radical (unpaired) electrons. The second kappa shape index (κ2) is 7.08. The van der Waals surface area contributed by atoms with Crippen LogP contribution in [0.15, 0.2) is 83.0 Å². The molecule has 0 aliphatic carbocycles. The molecule has 6 heteroatoms. The van der Waals surface area contributed by atoms with Gasteiger partial charge in [-0.3, -0.25) is 14.5 Å². The number of nitrogens with zero attached hydrogens (tertiary/aromatic N) is 1. The number of hydrogen-bond donors (Lipinski definition) is 1. The van der Waals surface area contributed by atoms with Crippen LogP contribution in [0.1, 0.15) is 17.4 Å². The molecule has 0 bridgehead atoms. The SMILES string of the molecule is COc1ccccc1N1C(=O)C(=O)/C(=C(\O)c2ccccc2)C1c1ccco1. The number of Topliss-reactive ketones (excluding diaryl/α,β-unsaturated/α-hetero) is 1. The Morgan fingerprint density at radius 2 is 1.71 bits per heavy atom. The molecule has 3 aromatic rings. The fraction of sp³-hybridized carbons (Fsp3) is 0.0909. The van der Waals surface area contributed by atoms with E-state index in [1.165, 1.54) is 18.3 Å². The number of carbonyl (C=O) groups is 2. The van der Waals surface area contributed by atoms with Crippen molar-refractivity contribution in [3.05, 3.63) is 89.9 Å². The van der Waals surface area contributed by atoms with Crippen LogP contribution >= 0.6 is 0 Å². The monoisotopic (exact) mass is 375 g/mol. The minimum Gasteiger partial charge on any atom is -0.507 e. The molecule has 2 heterocycles. The van der Waals surface area contributed by atoms with Gasteiger partial charge in [0.15, 0.2) is 0 Å². The molecule has 0 spiro atoms. The molecule has 28 heavy (non-hydrogen) atoms. The second-order valence-corrected chi connectivity index (χ2v) is 6.22. The lowest BCUT2D eigenvalue weighted by Gasteiger charge is -2.24. The normalized spacial score (nSPS) is 18.5. The van der Waals surface area contributed by atoms with Gasteiger partial charge in [-0.15, -0.1) is 0 Å². The highest BCUT2D eigenvalue weighted by atomic mass is 16.5. The van der Waals surface area contributed by atoms with Crippen LogP contribution in [0.3, 0.4) is 0 Å². The van der Waals surface area contributed by atoms with Gasteiger partial charge in [-0.05, 0) is 24.3 Å². The maximum absolute atomic E-state index is 13.0. The molecule has 1 atom stereocenters. The molecule has 1 aliphatic rings. The third-order valence-corrected chi connectivity index (χ3v) is 4.65. The van der Waals surface area contributed by atoms with Crippen molar-refractivity contribution in [2.75, 3.05) is 12.0 Å². The van der Waals surface area contributed by atoms with Crippen LogP contribution in [0.4, 0.5) is 5.69 Å². The van der Waals surface area contributed by atoms with Gasteiger partial charge in [-0.2, -0.15) is 0 Å². The highest BCUT2D eigenvalue weighted by Crippen LogP contribution is 2.44. The number of carbonyl (C=O) groups excluding carboxylic acids is 2. The zero-order chi connectivity index (χ0) is 19.7. The van der Waals surface area contributed by atoms with Crippen LogP contribution in [0.2, 0.25) is 0 Å². The number of rotatable bonds is 4. The number of furan rings is 1. The predicted octanol–water partition coefficient (Wildman–Crippen LogP) is 3.91. The summed E-state index contributed by atoms with van der Waals surface area (Å²) in [5.74, 6) is -1.00. The van der Waals surface area contributed by atoms with Crippen molar-refractivity contribution >= 4 is 23.1 Å². The molecule has 1 unspecified atom stereocenters. The first kappa shape index (κ1) is 17.6. The summed E-state index contributed by atoms with van der Waals surface area (Å²) in [7, 11) is 1.49. The molecule has 140 valence electrons. The quantitative estimate of drug-likeness (QED) is 0.425. The number of methoxy groups -OCH3 is 1. The topological polar surface area (TPSA) is 80.0 Å². The second-order valence-electron chi connectivity index (χ2n) is 6.22. The van der Waals surface area contributed by atoms with Gasteiger partial charge in [-0.25, -0.2) is 0 Å². The summed E-state index contributed by atoms with van der Waals surface area (Å²) in [5.41, 5.74) is 0.828. The molecule has 2 aromatic carbocycles. The Morgan fingerprint density at radius 1 is 1.00 bits per heavy atom. The van der Waals surface area contributed by atoms with E-state index in [-0.39, 0.29) is 11.3 Å². The molecule has 1 fully saturated rings. The Kier molecular flexibility index (Phi) is 4.45. The highest BCUT2D eigenvalue weighted by molar-refractivity contribution is 6.51. The minimum atomic E-state index is -0.911. The number of ketones is 1. The molecule has 4 rings (SSSR count). The molecular formula is C22H17NO5. The third-order valence-electron chi connectivity index (χ3n) is 4.65. The summed E-state index contributed by atoms with van der Waals surface area (Å²) in [6.07, 6.45) is 1.46. The Balaban J connectivity index is 1.95. The number of benzene rings is 2. The molecule has 1 aromatic heterocycles. The van der Waals surface area contributed by atoms with Crippen LogP contribution in [0, 0.1) is 0 Å². The zero-order valence-corrected chi connectivity index (χ0v) is 15.0. The molecule has 1 N–H and O–H groups in total. The Hall–Kier alpha value is -3.80. The van der Waals surface area contributed by atoms with E-state index in [1.807, 2.05) is 0 Å². The van der Waals surface area contributed by atoms with Crippen molar-refractivity contribution in [3.63, 3.8) is 0 Å². The van der Waals surface area contributed by atoms with Gasteiger partial charge >= 0.3 is 0 Å². The van der Waals surface area contributed by atoms with Crippen molar-refractivity contribution in [2.45, 2.75) is 6.04 Å². The van der Waals surface area contributed by atoms with Crippen LogP contribution in [-0.2, 0) is 9.59 Å². The first-order valence-electron chi connectivity index (χ1n) is 8.66. The van der Waals surface area contributed by atoms with E-state index in [1.54, 1.807) is 66.7 Å². The summed E-state index contributed by atoms with van der Waals surface area (Å²) >= 11 is 0. The minimum absolute atomic E-state index is 0.0305. The van der Waals surface area contributed by atoms with Gasteiger partial charge in [0.05, 0.1) is 24.6 Å². The zero-order valence-electron chi connectivity index (χ0n) is 15.0.